The molecule has 0 aliphatic carbocycles. The number of nitrogens with two attached hydrogens (primary N) is 1. The molecule has 5 nitrogen and oxygen atoms in total. The van der Waals surface area contributed by atoms with Crippen LogP contribution >= 0.6 is 27.3 Å². The Morgan fingerprint density at radius 3 is 3.00 bits per heavy atom. The number of aromatic nitrogens is 1. The monoisotopic (exact) mass is 339 g/mol. The molecule has 2 amide bonds. The lowest BCUT2D eigenvalue weighted by atomic mass is 10.1. The van der Waals surface area contributed by atoms with Gasteiger partial charge >= 0.3 is 0 Å². The zero-order valence-electron chi connectivity index (χ0n) is 9.80. The number of carbonyl (C=O) groups excluding carboxylic acids is 2. The second-order valence-electron chi connectivity index (χ2n) is 4.42. The minimum atomic E-state index is -0.431. The maximum Gasteiger partial charge on any atom is 0.229 e. The Bertz CT molecular complexity index is 685. The van der Waals surface area contributed by atoms with Gasteiger partial charge in [0.1, 0.15) is 0 Å². The van der Waals surface area contributed by atoms with Crippen molar-refractivity contribution in [2.75, 3.05) is 11.4 Å². The Morgan fingerprint density at radius 2 is 2.32 bits per heavy atom. The number of amides is 2. The lowest BCUT2D eigenvalue weighted by molar-refractivity contribution is -0.123. The number of rotatable bonds is 2. The van der Waals surface area contributed by atoms with Crippen molar-refractivity contribution >= 4 is 54.4 Å². The molecule has 0 saturated carbocycles. The second kappa shape index (κ2) is 4.57. The van der Waals surface area contributed by atoms with Gasteiger partial charge in [-0.2, -0.15) is 0 Å². The Kier molecular flexibility index (Phi) is 3.02. The first-order valence-corrected chi connectivity index (χ1v) is 7.31. The molecular formula is C12H10BrN3O2S. The van der Waals surface area contributed by atoms with Crippen molar-refractivity contribution in [1.82, 2.24) is 4.98 Å². The van der Waals surface area contributed by atoms with E-state index < -0.39 is 11.8 Å². The van der Waals surface area contributed by atoms with Gasteiger partial charge in [0.15, 0.2) is 5.13 Å². The van der Waals surface area contributed by atoms with Gasteiger partial charge in [-0.1, -0.05) is 27.3 Å². The van der Waals surface area contributed by atoms with Crippen LogP contribution in [0.2, 0.25) is 0 Å². The summed E-state index contributed by atoms with van der Waals surface area (Å²) in [6.45, 7) is 0.329. The predicted molar refractivity (Wildman–Crippen MR) is 77.0 cm³/mol. The molecule has 1 aromatic heterocycles. The maximum atomic E-state index is 11.9. The van der Waals surface area contributed by atoms with Crippen LogP contribution in [-0.4, -0.2) is 23.3 Å². The van der Waals surface area contributed by atoms with Gasteiger partial charge in [-0.05, 0) is 18.2 Å². The fourth-order valence-corrected chi connectivity index (χ4v) is 3.41. The molecule has 1 unspecified atom stereocenters. The first kappa shape index (κ1) is 12.6. The Hall–Kier alpha value is -1.47. The number of halogens is 1. The number of fused-ring (bicyclic) bond motifs is 1. The van der Waals surface area contributed by atoms with E-state index in [0.717, 1.165) is 14.7 Å². The molecule has 0 radical (unpaired) electrons. The summed E-state index contributed by atoms with van der Waals surface area (Å²) in [4.78, 5) is 29.1. The van der Waals surface area contributed by atoms with Crippen molar-refractivity contribution in [1.29, 1.82) is 0 Å². The SMILES string of the molecule is NC(=O)C1CC(=O)N(c2nc3cc(Br)ccc3s2)C1. The zero-order chi connectivity index (χ0) is 13.6. The van der Waals surface area contributed by atoms with E-state index in [1.165, 1.54) is 11.3 Å². The molecule has 2 aromatic rings. The molecule has 1 saturated heterocycles. The fraction of sp³-hybridized carbons (Fsp3) is 0.250. The molecule has 0 bridgehead atoms. The lowest BCUT2D eigenvalue weighted by Crippen LogP contribution is -2.28. The van der Waals surface area contributed by atoms with E-state index in [0.29, 0.717) is 11.7 Å². The topological polar surface area (TPSA) is 76.3 Å². The van der Waals surface area contributed by atoms with Crippen LogP contribution in [0.1, 0.15) is 6.42 Å². The van der Waals surface area contributed by atoms with Crippen LogP contribution in [0.3, 0.4) is 0 Å². The Labute approximate surface area is 121 Å². The zero-order valence-corrected chi connectivity index (χ0v) is 12.2. The maximum absolute atomic E-state index is 11.9. The highest BCUT2D eigenvalue weighted by atomic mass is 79.9. The summed E-state index contributed by atoms with van der Waals surface area (Å²) in [7, 11) is 0. The van der Waals surface area contributed by atoms with E-state index in [-0.39, 0.29) is 12.3 Å². The average Bonchev–Trinajstić information content (AvgIpc) is 2.91. The van der Waals surface area contributed by atoms with E-state index in [9.17, 15) is 9.59 Å². The van der Waals surface area contributed by atoms with Crippen molar-refractivity contribution < 1.29 is 9.59 Å². The Morgan fingerprint density at radius 1 is 1.53 bits per heavy atom. The highest BCUT2D eigenvalue weighted by Crippen LogP contribution is 2.33. The molecule has 1 aliphatic heterocycles. The molecule has 1 aliphatic rings. The van der Waals surface area contributed by atoms with Crippen LogP contribution in [-0.2, 0) is 9.59 Å². The van der Waals surface area contributed by atoms with Crippen molar-refractivity contribution in [3.63, 3.8) is 0 Å². The van der Waals surface area contributed by atoms with Crippen molar-refractivity contribution in [3.8, 4) is 0 Å². The van der Waals surface area contributed by atoms with Crippen LogP contribution in [0, 0.1) is 5.92 Å². The van der Waals surface area contributed by atoms with Crippen molar-refractivity contribution in [2.45, 2.75) is 6.42 Å². The molecule has 1 atom stereocenters. The minimum absolute atomic E-state index is 0.0954. The molecule has 7 heteroatoms. The van der Waals surface area contributed by atoms with E-state index in [1.807, 2.05) is 18.2 Å². The van der Waals surface area contributed by atoms with Gasteiger partial charge < -0.3 is 5.73 Å². The van der Waals surface area contributed by atoms with E-state index in [2.05, 4.69) is 20.9 Å². The van der Waals surface area contributed by atoms with Crippen LogP contribution in [0.5, 0.6) is 0 Å². The molecule has 0 spiro atoms. The Balaban J connectivity index is 1.96. The van der Waals surface area contributed by atoms with E-state index >= 15 is 0 Å². The van der Waals surface area contributed by atoms with Gasteiger partial charge in [-0.15, -0.1) is 0 Å². The third-order valence-corrected chi connectivity index (χ3v) is 4.65. The molecule has 98 valence electrons. The molecular weight excluding hydrogens is 330 g/mol. The average molecular weight is 340 g/mol. The van der Waals surface area contributed by atoms with Crippen molar-refractivity contribution in [3.05, 3.63) is 22.7 Å². The predicted octanol–water partition coefficient (Wildman–Crippen LogP) is 1.90. The third-order valence-electron chi connectivity index (χ3n) is 3.10. The third kappa shape index (κ3) is 2.23. The smallest absolute Gasteiger partial charge is 0.229 e. The van der Waals surface area contributed by atoms with Crippen LogP contribution in [0.15, 0.2) is 22.7 Å². The van der Waals surface area contributed by atoms with E-state index in [4.69, 9.17) is 5.73 Å². The fourth-order valence-electron chi connectivity index (χ4n) is 2.09. The van der Waals surface area contributed by atoms with E-state index in [1.54, 1.807) is 4.90 Å². The number of primary amides is 1. The standard InChI is InChI=1S/C12H10BrN3O2S/c13-7-1-2-9-8(4-7)15-12(19-9)16-5-6(11(14)18)3-10(16)17/h1-2,4,6H,3,5H2,(H2,14,18). The normalized spacial score (nSPS) is 19.3. The lowest BCUT2D eigenvalue weighted by Gasteiger charge is -2.11. The van der Waals surface area contributed by atoms with Gasteiger partial charge in [-0.25, -0.2) is 4.98 Å². The van der Waals surface area contributed by atoms with Gasteiger partial charge in [0, 0.05) is 17.4 Å². The number of carbonyl (C=O) groups is 2. The summed E-state index contributed by atoms with van der Waals surface area (Å²) in [6.07, 6.45) is 0.176. The summed E-state index contributed by atoms with van der Waals surface area (Å²) < 4.78 is 1.95. The number of thiazole rings is 1. The quantitative estimate of drug-likeness (QED) is 0.907. The number of nitrogens with zero attached hydrogens (tertiary/aromatic N) is 2. The van der Waals surface area contributed by atoms with Gasteiger partial charge in [0.2, 0.25) is 11.8 Å². The summed E-state index contributed by atoms with van der Waals surface area (Å²) >= 11 is 4.83. The number of hydrogen-bond donors (Lipinski definition) is 1. The van der Waals surface area contributed by atoms with Gasteiger partial charge in [-0.3, -0.25) is 14.5 Å². The molecule has 3 rings (SSSR count). The van der Waals surface area contributed by atoms with Crippen LogP contribution < -0.4 is 10.6 Å². The summed E-state index contributed by atoms with van der Waals surface area (Å²) in [5.74, 6) is -0.937. The number of hydrogen-bond acceptors (Lipinski definition) is 4. The first-order valence-electron chi connectivity index (χ1n) is 5.70. The summed E-state index contributed by atoms with van der Waals surface area (Å²) in [5, 5.41) is 0.627. The second-order valence-corrected chi connectivity index (χ2v) is 6.34. The van der Waals surface area contributed by atoms with Crippen LogP contribution in [0.4, 0.5) is 5.13 Å². The number of anilines is 1. The van der Waals surface area contributed by atoms with Gasteiger partial charge in [0.25, 0.3) is 0 Å². The highest BCUT2D eigenvalue weighted by Gasteiger charge is 2.35. The highest BCUT2D eigenvalue weighted by molar-refractivity contribution is 9.10. The molecule has 1 fully saturated rings. The number of benzene rings is 1. The molecule has 2 heterocycles. The first-order chi connectivity index (χ1) is 9.04. The molecule has 19 heavy (non-hydrogen) atoms. The molecule has 1 aromatic carbocycles. The van der Waals surface area contributed by atoms with Crippen LogP contribution in [0.25, 0.3) is 10.2 Å². The van der Waals surface area contributed by atoms with Gasteiger partial charge in [0.05, 0.1) is 16.1 Å². The minimum Gasteiger partial charge on any atom is -0.369 e. The molecule has 2 N–H and O–H groups in total. The largest absolute Gasteiger partial charge is 0.369 e. The van der Waals surface area contributed by atoms with Crippen molar-refractivity contribution in [2.24, 2.45) is 11.7 Å². The summed E-state index contributed by atoms with van der Waals surface area (Å²) in [6, 6.07) is 5.79. The summed E-state index contributed by atoms with van der Waals surface area (Å²) in [5.41, 5.74) is 6.09.